The summed E-state index contributed by atoms with van der Waals surface area (Å²) in [5.41, 5.74) is -0.339. The van der Waals surface area contributed by atoms with E-state index in [2.05, 4.69) is 25.6 Å². The van der Waals surface area contributed by atoms with E-state index in [4.69, 9.17) is 4.74 Å². The first-order valence-corrected chi connectivity index (χ1v) is 11.6. The molecule has 2 heterocycles. The molecular weight excluding hydrogens is 440 g/mol. The second-order valence-electron chi connectivity index (χ2n) is 6.15. The monoisotopic (exact) mass is 460 g/mol. The molecule has 0 radical (unpaired) electrons. The Morgan fingerprint density at radius 1 is 1.03 bits per heavy atom. The van der Waals surface area contributed by atoms with E-state index in [0.29, 0.717) is 38.8 Å². The molecule has 1 aliphatic rings. The van der Waals surface area contributed by atoms with Gasteiger partial charge in [-0.15, -0.1) is 0 Å². The van der Waals surface area contributed by atoms with Crippen molar-refractivity contribution in [2.45, 2.75) is 16.7 Å². The van der Waals surface area contributed by atoms with Crippen LogP contribution in [0.2, 0.25) is 0 Å². The molecule has 0 bridgehead atoms. The molecule has 164 valence electrons. The smallest absolute Gasteiger partial charge is 0.296 e. The van der Waals surface area contributed by atoms with E-state index in [1.54, 1.807) is 0 Å². The van der Waals surface area contributed by atoms with Crippen molar-refractivity contribution in [3.8, 4) is 0 Å². The van der Waals surface area contributed by atoms with Crippen LogP contribution in [0.15, 0.2) is 28.0 Å². The standard InChI is InChI=1S/C15H20N6O7S2/c1-2-16-13-18-14(20-15(19-13)21-5-7-28-8-6-21)17-11-9-10(29(22,23)24)3-4-12(11)30(25,26)27/h3-4,9H,2,5-8H2,1H3,(H,22,23,24)(H,25,26,27)(H2,16,17,18,19,20). The molecule has 1 aromatic carbocycles. The van der Waals surface area contributed by atoms with Crippen LogP contribution in [0.1, 0.15) is 6.92 Å². The zero-order chi connectivity index (χ0) is 21.9. The Hall–Kier alpha value is -2.59. The quantitative estimate of drug-likeness (QED) is 0.416. The number of hydrogen-bond donors (Lipinski definition) is 4. The normalized spacial score (nSPS) is 15.1. The zero-order valence-electron chi connectivity index (χ0n) is 15.8. The highest BCUT2D eigenvalue weighted by Gasteiger charge is 2.22. The van der Waals surface area contributed by atoms with E-state index in [1.807, 2.05) is 11.8 Å². The van der Waals surface area contributed by atoms with E-state index in [-0.39, 0.29) is 17.6 Å². The van der Waals surface area contributed by atoms with E-state index in [9.17, 15) is 25.9 Å². The number of benzene rings is 1. The van der Waals surface area contributed by atoms with Crippen LogP contribution in [0, 0.1) is 0 Å². The fourth-order valence-corrected chi connectivity index (χ4v) is 3.81. The molecule has 0 spiro atoms. The van der Waals surface area contributed by atoms with Gasteiger partial charge in [0.2, 0.25) is 17.8 Å². The Bertz CT molecular complexity index is 1130. The van der Waals surface area contributed by atoms with Gasteiger partial charge in [0.1, 0.15) is 4.90 Å². The van der Waals surface area contributed by atoms with Crippen molar-refractivity contribution >= 4 is 43.8 Å². The molecule has 0 atom stereocenters. The molecule has 0 saturated carbocycles. The Balaban J connectivity index is 2.06. The number of nitrogens with one attached hydrogen (secondary N) is 2. The molecular formula is C15H20N6O7S2. The first-order valence-electron chi connectivity index (χ1n) is 8.76. The third-order valence-electron chi connectivity index (χ3n) is 4.03. The van der Waals surface area contributed by atoms with Crippen molar-refractivity contribution in [3.63, 3.8) is 0 Å². The van der Waals surface area contributed by atoms with Gasteiger partial charge in [0.15, 0.2) is 0 Å². The van der Waals surface area contributed by atoms with Gasteiger partial charge in [0.25, 0.3) is 20.2 Å². The first kappa shape index (κ1) is 22.1. The highest BCUT2D eigenvalue weighted by molar-refractivity contribution is 7.86. The summed E-state index contributed by atoms with van der Waals surface area (Å²) < 4.78 is 70.3. The fourth-order valence-electron chi connectivity index (χ4n) is 2.68. The molecule has 1 fully saturated rings. The van der Waals surface area contributed by atoms with Crippen LogP contribution in [0.4, 0.5) is 23.5 Å². The summed E-state index contributed by atoms with van der Waals surface area (Å²) in [4.78, 5) is 13.4. The molecule has 30 heavy (non-hydrogen) atoms. The van der Waals surface area contributed by atoms with Gasteiger partial charge in [0, 0.05) is 19.6 Å². The number of nitrogens with zero attached hydrogens (tertiary/aromatic N) is 4. The van der Waals surface area contributed by atoms with Crippen LogP contribution in [0.3, 0.4) is 0 Å². The Kier molecular flexibility index (Phi) is 6.37. The highest BCUT2D eigenvalue weighted by Crippen LogP contribution is 2.28. The van der Waals surface area contributed by atoms with Gasteiger partial charge < -0.3 is 20.3 Å². The molecule has 1 aliphatic heterocycles. The van der Waals surface area contributed by atoms with Gasteiger partial charge in [-0.25, -0.2) is 0 Å². The van der Waals surface area contributed by atoms with E-state index >= 15 is 0 Å². The van der Waals surface area contributed by atoms with Crippen molar-refractivity contribution in [2.24, 2.45) is 0 Å². The van der Waals surface area contributed by atoms with Gasteiger partial charge in [-0.2, -0.15) is 31.8 Å². The third-order valence-corrected chi connectivity index (χ3v) is 5.79. The van der Waals surface area contributed by atoms with Gasteiger partial charge in [-0.1, -0.05) is 0 Å². The lowest BCUT2D eigenvalue weighted by Crippen LogP contribution is -2.37. The molecule has 2 aromatic rings. The number of rotatable bonds is 7. The predicted octanol–water partition coefficient (Wildman–Crippen LogP) is 0.377. The fraction of sp³-hybridized carbons (Fsp3) is 0.400. The maximum atomic E-state index is 11.7. The minimum atomic E-state index is -4.72. The summed E-state index contributed by atoms with van der Waals surface area (Å²) in [7, 11) is -9.35. The van der Waals surface area contributed by atoms with Crippen LogP contribution in [0.5, 0.6) is 0 Å². The Labute approximate surface area is 173 Å². The van der Waals surface area contributed by atoms with Crippen LogP contribution in [0.25, 0.3) is 0 Å². The van der Waals surface area contributed by atoms with Crippen molar-refractivity contribution in [2.75, 3.05) is 48.4 Å². The van der Waals surface area contributed by atoms with Crippen molar-refractivity contribution < 1.29 is 30.7 Å². The highest BCUT2D eigenvalue weighted by atomic mass is 32.2. The second-order valence-corrected chi connectivity index (χ2v) is 8.96. The van der Waals surface area contributed by atoms with Gasteiger partial charge in [-0.05, 0) is 25.1 Å². The van der Waals surface area contributed by atoms with Crippen LogP contribution < -0.4 is 15.5 Å². The van der Waals surface area contributed by atoms with E-state index in [1.165, 1.54) is 0 Å². The summed E-state index contributed by atoms with van der Waals surface area (Å²) in [6, 6.07) is 2.54. The van der Waals surface area contributed by atoms with Gasteiger partial charge in [0.05, 0.1) is 23.8 Å². The van der Waals surface area contributed by atoms with Crippen molar-refractivity contribution in [3.05, 3.63) is 18.2 Å². The zero-order valence-corrected chi connectivity index (χ0v) is 17.4. The summed E-state index contributed by atoms with van der Waals surface area (Å²) in [5.74, 6) is 0.404. The molecule has 0 unspecified atom stereocenters. The van der Waals surface area contributed by atoms with E-state index < -0.39 is 30.0 Å². The minimum absolute atomic E-state index is 0.0974. The number of ether oxygens (including phenoxy) is 1. The molecule has 0 amide bonds. The summed E-state index contributed by atoms with van der Waals surface area (Å²) in [6.07, 6.45) is 0. The van der Waals surface area contributed by atoms with Gasteiger partial charge in [-0.3, -0.25) is 9.11 Å². The first-order chi connectivity index (χ1) is 14.1. The van der Waals surface area contributed by atoms with Crippen LogP contribution >= 0.6 is 0 Å². The van der Waals surface area contributed by atoms with E-state index in [0.717, 1.165) is 18.2 Å². The lowest BCUT2D eigenvalue weighted by Gasteiger charge is -2.27. The number of aromatic nitrogens is 3. The molecule has 1 saturated heterocycles. The lowest BCUT2D eigenvalue weighted by atomic mass is 10.3. The summed E-state index contributed by atoms with van der Waals surface area (Å²) in [6.45, 7) is 4.35. The Morgan fingerprint density at radius 2 is 1.70 bits per heavy atom. The summed E-state index contributed by atoms with van der Waals surface area (Å²) in [5, 5.41) is 5.53. The number of morpholine rings is 1. The maximum absolute atomic E-state index is 11.7. The molecule has 3 rings (SSSR count). The summed E-state index contributed by atoms with van der Waals surface area (Å²) >= 11 is 0. The van der Waals surface area contributed by atoms with Crippen molar-refractivity contribution in [1.29, 1.82) is 0 Å². The molecule has 1 aromatic heterocycles. The average Bonchev–Trinajstić information content (AvgIpc) is 2.67. The topological polar surface area (TPSA) is 184 Å². The predicted molar refractivity (Wildman–Crippen MR) is 106 cm³/mol. The molecule has 4 N–H and O–H groups in total. The molecule has 15 heteroatoms. The maximum Gasteiger partial charge on any atom is 0.296 e. The third kappa shape index (κ3) is 5.31. The van der Waals surface area contributed by atoms with Crippen LogP contribution in [-0.4, -0.2) is 73.7 Å². The SMILES string of the molecule is CCNc1nc(Nc2cc(S(=O)(=O)O)ccc2S(=O)(=O)O)nc(N2CCOCC2)n1. The van der Waals surface area contributed by atoms with Crippen LogP contribution in [-0.2, 0) is 25.0 Å². The minimum Gasteiger partial charge on any atom is -0.378 e. The second kappa shape index (κ2) is 8.65. The van der Waals surface area contributed by atoms with Gasteiger partial charge >= 0.3 is 0 Å². The van der Waals surface area contributed by atoms with Crippen molar-refractivity contribution in [1.82, 2.24) is 15.0 Å². The largest absolute Gasteiger partial charge is 0.378 e. The molecule has 13 nitrogen and oxygen atoms in total. The lowest BCUT2D eigenvalue weighted by molar-refractivity contribution is 0.122. The Morgan fingerprint density at radius 3 is 2.30 bits per heavy atom. The molecule has 0 aliphatic carbocycles. The number of hydrogen-bond acceptors (Lipinski definition) is 11. The number of anilines is 4. The average molecular weight is 460 g/mol.